The second-order valence-electron chi connectivity index (χ2n) is 5.13. The van der Waals surface area contributed by atoms with E-state index in [1.165, 1.54) is 25.7 Å². The van der Waals surface area contributed by atoms with Gasteiger partial charge in [0.1, 0.15) is 0 Å². The normalized spacial score (nSPS) is 57.2. The van der Waals surface area contributed by atoms with Crippen LogP contribution < -0.4 is 5.73 Å². The van der Waals surface area contributed by atoms with E-state index in [1.54, 1.807) is 0 Å². The second kappa shape index (κ2) is 2.24. The number of hydrogen-bond acceptors (Lipinski definition) is 2. The zero-order chi connectivity index (χ0) is 8.18. The molecule has 2 saturated carbocycles. The molecule has 2 nitrogen and oxygen atoms in total. The van der Waals surface area contributed by atoms with Crippen molar-refractivity contribution in [2.45, 2.75) is 43.7 Å². The van der Waals surface area contributed by atoms with Crippen LogP contribution >= 0.6 is 0 Å². The van der Waals surface area contributed by atoms with Crippen LogP contribution in [0.5, 0.6) is 0 Å². The minimum absolute atomic E-state index is 0.160. The Morgan fingerprint density at radius 1 is 1.08 bits per heavy atom. The van der Waals surface area contributed by atoms with Crippen LogP contribution in [-0.2, 0) is 4.74 Å². The molecule has 4 fully saturated rings. The van der Waals surface area contributed by atoms with E-state index in [1.807, 2.05) is 0 Å². The molecule has 4 bridgehead atoms. The van der Waals surface area contributed by atoms with Crippen molar-refractivity contribution in [3.63, 3.8) is 0 Å². The molecule has 2 aliphatic heterocycles. The molecular formula is C10H17NO. The van der Waals surface area contributed by atoms with Crippen LogP contribution in [0, 0.1) is 11.8 Å². The lowest BCUT2D eigenvalue weighted by molar-refractivity contribution is 0.0247. The summed E-state index contributed by atoms with van der Waals surface area (Å²) in [6, 6.07) is 0. The Bertz CT molecular complexity index is 188. The smallest absolute Gasteiger partial charge is 0.0595 e. The number of nitrogens with two attached hydrogens (primary N) is 1. The highest BCUT2D eigenvalue weighted by atomic mass is 16.5. The molecule has 0 aromatic heterocycles. The molecule has 2 saturated heterocycles. The molecule has 2 aliphatic carbocycles. The second-order valence-corrected chi connectivity index (χ2v) is 5.13. The lowest BCUT2D eigenvalue weighted by Gasteiger charge is -2.44. The monoisotopic (exact) mass is 167 g/mol. The van der Waals surface area contributed by atoms with Crippen molar-refractivity contribution in [2.75, 3.05) is 6.61 Å². The molecule has 4 atom stereocenters. The molecule has 0 aromatic rings. The van der Waals surface area contributed by atoms with Crippen molar-refractivity contribution in [2.24, 2.45) is 17.6 Å². The van der Waals surface area contributed by atoms with Gasteiger partial charge in [0.05, 0.1) is 6.10 Å². The van der Waals surface area contributed by atoms with Crippen LogP contribution in [-0.4, -0.2) is 18.2 Å². The van der Waals surface area contributed by atoms with Gasteiger partial charge in [-0.05, 0) is 43.9 Å². The summed E-state index contributed by atoms with van der Waals surface area (Å²) in [5.41, 5.74) is 6.50. The Kier molecular flexibility index (Phi) is 1.37. The minimum atomic E-state index is 0.160. The van der Waals surface area contributed by atoms with Crippen LogP contribution in [0.25, 0.3) is 0 Å². The highest BCUT2D eigenvalue weighted by Crippen LogP contribution is 2.47. The van der Waals surface area contributed by atoms with Crippen LogP contribution in [0.4, 0.5) is 0 Å². The first-order valence-corrected chi connectivity index (χ1v) is 5.14. The molecular weight excluding hydrogens is 150 g/mol. The van der Waals surface area contributed by atoms with Gasteiger partial charge >= 0.3 is 0 Å². The lowest BCUT2D eigenvalue weighted by atomic mass is 9.64. The maximum atomic E-state index is 6.34. The fraction of sp³-hybridized carbons (Fsp3) is 1.00. The first kappa shape index (κ1) is 7.34. The Hall–Kier alpha value is -0.0800. The molecule has 0 aromatic carbocycles. The van der Waals surface area contributed by atoms with Gasteiger partial charge < -0.3 is 10.5 Å². The van der Waals surface area contributed by atoms with Crippen molar-refractivity contribution in [1.82, 2.24) is 0 Å². The van der Waals surface area contributed by atoms with E-state index in [4.69, 9.17) is 10.5 Å². The van der Waals surface area contributed by atoms with Gasteiger partial charge in [-0.25, -0.2) is 0 Å². The largest absolute Gasteiger partial charge is 0.378 e. The maximum Gasteiger partial charge on any atom is 0.0595 e. The van der Waals surface area contributed by atoms with E-state index in [9.17, 15) is 0 Å². The fourth-order valence-corrected chi connectivity index (χ4v) is 3.65. The molecule has 4 aliphatic rings. The Morgan fingerprint density at radius 3 is 2.75 bits per heavy atom. The zero-order valence-electron chi connectivity index (χ0n) is 7.46. The summed E-state index contributed by atoms with van der Waals surface area (Å²) >= 11 is 0. The SMILES string of the molecule is N[C@]12C[C@H]3CO[C@H](C[C@H](C3)C1)C2. The van der Waals surface area contributed by atoms with Crippen molar-refractivity contribution in [1.29, 1.82) is 0 Å². The fourth-order valence-electron chi connectivity index (χ4n) is 3.65. The molecule has 0 radical (unpaired) electrons. The molecule has 4 rings (SSSR count). The third-order valence-corrected chi connectivity index (χ3v) is 3.86. The van der Waals surface area contributed by atoms with Gasteiger partial charge in [0.15, 0.2) is 0 Å². The summed E-state index contributed by atoms with van der Waals surface area (Å²) in [7, 11) is 0. The third kappa shape index (κ3) is 1.01. The average molecular weight is 167 g/mol. The molecule has 0 spiro atoms. The zero-order valence-corrected chi connectivity index (χ0v) is 7.46. The quantitative estimate of drug-likeness (QED) is 0.590. The molecule has 0 amide bonds. The van der Waals surface area contributed by atoms with Crippen LogP contribution in [0.15, 0.2) is 0 Å². The molecule has 12 heavy (non-hydrogen) atoms. The summed E-state index contributed by atoms with van der Waals surface area (Å²) < 4.78 is 5.81. The van der Waals surface area contributed by atoms with Gasteiger partial charge in [0.2, 0.25) is 0 Å². The lowest BCUT2D eigenvalue weighted by Crippen LogP contribution is -2.51. The highest BCUT2D eigenvalue weighted by molar-refractivity contribution is 5.02. The van der Waals surface area contributed by atoms with E-state index in [0.29, 0.717) is 6.10 Å². The van der Waals surface area contributed by atoms with Crippen molar-refractivity contribution >= 4 is 0 Å². The standard InChI is InChI=1S/C10H17NO/c11-10-3-7-1-8(4-10)6-12-9(2-7)5-10/h7-9H,1-6,11H2/t7-,8-,9+,10-/m0/s1. The molecule has 2 N–H and O–H groups in total. The van der Waals surface area contributed by atoms with Gasteiger partial charge in [-0.3, -0.25) is 0 Å². The molecule has 2 heterocycles. The number of fused-ring (bicyclic) bond motifs is 1. The third-order valence-electron chi connectivity index (χ3n) is 3.86. The van der Waals surface area contributed by atoms with E-state index in [-0.39, 0.29) is 5.54 Å². The molecule has 68 valence electrons. The van der Waals surface area contributed by atoms with Crippen molar-refractivity contribution in [3.8, 4) is 0 Å². The topological polar surface area (TPSA) is 35.2 Å². The predicted octanol–water partition coefficient (Wildman–Crippen LogP) is 1.29. The van der Waals surface area contributed by atoms with Gasteiger partial charge in [-0.15, -0.1) is 0 Å². The average Bonchev–Trinajstić information content (AvgIpc) is 2.14. The maximum absolute atomic E-state index is 6.34. The van der Waals surface area contributed by atoms with Crippen LogP contribution in [0.2, 0.25) is 0 Å². The van der Waals surface area contributed by atoms with Gasteiger partial charge in [0, 0.05) is 12.1 Å². The van der Waals surface area contributed by atoms with E-state index in [2.05, 4.69) is 0 Å². The number of ether oxygens (including phenoxy) is 1. The van der Waals surface area contributed by atoms with E-state index >= 15 is 0 Å². The summed E-state index contributed by atoms with van der Waals surface area (Å²) in [6.07, 6.45) is 6.79. The number of hydrogen-bond donors (Lipinski definition) is 1. The van der Waals surface area contributed by atoms with Crippen molar-refractivity contribution in [3.05, 3.63) is 0 Å². The Labute approximate surface area is 73.5 Å². The summed E-state index contributed by atoms with van der Waals surface area (Å²) in [6.45, 7) is 0.986. The molecule has 0 unspecified atom stereocenters. The molecule has 2 heteroatoms. The van der Waals surface area contributed by atoms with E-state index < -0.39 is 0 Å². The first-order chi connectivity index (χ1) is 5.73. The highest BCUT2D eigenvalue weighted by Gasteiger charge is 2.46. The van der Waals surface area contributed by atoms with Gasteiger partial charge in [-0.2, -0.15) is 0 Å². The van der Waals surface area contributed by atoms with Gasteiger partial charge in [0.25, 0.3) is 0 Å². The van der Waals surface area contributed by atoms with Crippen LogP contribution in [0.1, 0.15) is 32.1 Å². The van der Waals surface area contributed by atoms with Crippen LogP contribution in [0.3, 0.4) is 0 Å². The van der Waals surface area contributed by atoms with E-state index in [0.717, 1.165) is 24.9 Å². The van der Waals surface area contributed by atoms with Gasteiger partial charge in [-0.1, -0.05) is 0 Å². The first-order valence-electron chi connectivity index (χ1n) is 5.14. The summed E-state index contributed by atoms with van der Waals surface area (Å²) in [5.74, 6) is 1.66. The Balaban J connectivity index is 1.95. The Morgan fingerprint density at radius 2 is 1.92 bits per heavy atom. The predicted molar refractivity (Wildman–Crippen MR) is 46.7 cm³/mol. The summed E-state index contributed by atoms with van der Waals surface area (Å²) in [4.78, 5) is 0. The summed E-state index contributed by atoms with van der Waals surface area (Å²) in [5, 5.41) is 0. The van der Waals surface area contributed by atoms with Crippen molar-refractivity contribution < 1.29 is 4.74 Å². The minimum Gasteiger partial charge on any atom is -0.378 e. The number of rotatable bonds is 0.